The van der Waals surface area contributed by atoms with E-state index in [2.05, 4.69) is 0 Å². The SMILES string of the molecule is COc1ccc(C(N)C(C)OCC2CCOC2)cc1. The molecule has 3 unspecified atom stereocenters. The van der Waals surface area contributed by atoms with Gasteiger partial charge in [-0.2, -0.15) is 0 Å². The second-order valence-electron chi connectivity index (χ2n) is 5.07. The van der Waals surface area contributed by atoms with E-state index in [-0.39, 0.29) is 12.1 Å². The van der Waals surface area contributed by atoms with Gasteiger partial charge in [-0.1, -0.05) is 12.1 Å². The average molecular weight is 265 g/mol. The fourth-order valence-electron chi connectivity index (χ4n) is 2.20. The molecule has 0 radical (unpaired) electrons. The molecule has 1 saturated heterocycles. The topological polar surface area (TPSA) is 53.7 Å². The number of nitrogens with two attached hydrogens (primary N) is 1. The van der Waals surface area contributed by atoms with Crippen molar-refractivity contribution in [1.29, 1.82) is 0 Å². The largest absolute Gasteiger partial charge is 0.497 e. The Labute approximate surface area is 114 Å². The second kappa shape index (κ2) is 6.89. The van der Waals surface area contributed by atoms with Crippen LogP contribution in [0.25, 0.3) is 0 Å². The third kappa shape index (κ3) is 3.93. The highest BCUT2D eigenvalue weighted by Gasteiger charge is 2.20. The molecular formula is C15H23NO3. The first kappa shape index (κ1) is 14.3. The van der Waals surface area contributed by atoms with Crippen LogP contribution >= 0.6 is 0 Å². The molecule has 0 spiro atoms. The van der Waals surface area contributed by atoms with Crippen LogP contribution < -0.4 is 10.5 Å². The molecule has 0 amide bonds. The molecule has 2 rings (SSSR count). The molecule has 106 valence electrons. The summed E-state index contributed by atoms with van der Waals surface area (Å²) in [6, 6.07) is 7.71. The summed E-state index contributed by atoms with van der Waals surface area (Å²) in [4.78, 5) is 0. The fraction of sp³-hybridized carbons (Fsp3) is 0.600. The Morgan fingerprint density at radius 3 is 2.68 bits per heavy atom. The minimum atomic E-state index is -0.117. The van der Waals surface area contributed by atoms with Gasteiger partial charge in [0.1, 0.15) is 5.75 Å². The maximum atomic E-state index is 6.22. The molecule has 1 fully saturated rings. The first-order chi connectivity index (χ1) is 9.20. The molecule has 0 bridgehead atoms. The quantitative estimate of drug-likeness (QED) is 0.856. The number of benzene rings is 1. The Morgan fingerprint density at radius 1 is 1.37 bits per heavy atom. The van der Waals surface area contributed by atoms with E-state index in [4.69, 9.17) is 19.9 Å². The summed E-state index contributed by atoms with van der Waals surface area (Å²) in [5, 5.41) is 0. The summed E-state index contributed by atoms with van der Waals surface area (Å²) in [6.45, 7) is 4.41. The Balaban J connectivity index is 1.84. The lowest BCUT2D eigenvalue weighted by Gasteiger charge is -2.22. The first-order valence-electron chi connectivity index (χ1n) is 6.79. The normalized spacial score (nSPS) is 22.2. The molecule has 0 saturated carbocycles. The van der Waals surface area contributed by atoms with Crippen molar-refractivity contribution >= 4 is 0 Å². The molecule has 19 heavy (non-hydrogen) atoms. The highest BCUT2D eigenvalue weighted by atomic mass is 16.5. The summed E-state index contributed by atoms with van der Waals surface area (Å²) >= 11 is 0. The van der Waals surface area contributed by atoms with E-state index in [0.29, 0.717) is 5.92 Å². The monoisotopic (exact) mass is 265 g/mol. The van der Waals surface area contributed by atoms with E-state index < -0.39 is 0 Å². The number of methoxy groups -OCH3 is 1. The van der Waals surface area contributed by atoms with E-state index in [1.54, 1.807) is 7.11 Å². The van der Waals surface area contributed by atoms with E-state index in [1.807, 2.05) is 31.2 Å². The van der Waals surface area contributed by atoms with Gasteiger partial charge < -0.3 is 19.9 Å². The van der Waals surface area contributed by atoms with Gasteiger partial charge in [0.15, 0.2) is 0 Å². The molecule has 1 aromatic carbocycles. The van der Waals surface area contributed by atoms with Crippen molar-refractivity contribution in [2.24, 2.45) is 11.7 Å². The molecule has 0 aliphatic carbocycles. The van der Waals surface area contributed by atoms with Gasteiger partial charge in [-0.3, -0.25) is 0 Å². The minimum Gasteiger partial charge on any atom is -0.497 e. The van der Waals surface area contributed by atoms with E-state index >= 15 is 0 Å². The lowest BCUT2D eigenvalue weighted by atomic mass is 10.0. The highest BCUT2D eigenvalue weighted by molar-refractivity contribution is 5.29. The first-order valence-corrected chi connectivity index (χ1v) is 6.79. The maximum Gasteiger partial charge on any atom is 0.118 e. The Hall–Kier alpha value is -1.10. The fourth-order valence-corrected chi connectivity index (χ4v) is 2.20. The molecule has 1 heterocycles. The highest BCUT2D eigenvalue weighted by Crippen LogP contribution is 2.21. The Kier molecular flexibility index (Phi) is 5.19. The van der Waals surface area contributed by atoms with Gasteiger partial charge in [0, 0.05) is 12.5 Å². The van der Waals surface area contributed by atoms with Gasteiger partial charge >= 0.3 is 0 Å². The van der Waals surface area contributed by atoms with E-state index in [0.717, 1.165) is 37.6 Å². The van der Waals surface area contributed by atoms with Crippen molar-refractivity contribution in [3.63, 3.8) is 0 Å². The van der Waals surface area contributed by atoms with Gasteiger partial charge in [0.2, 0.25) is 0 Å². The summed E-state index contributed by atoms with van der Waals surface area (Å²) < 4.78 is 16.3. The van der Waals surface area contributed by atoms with Crippen molar-refractivity contribution in [2.75, 3.05) is 26.9 Å². The van der Waals surface area contributed by atoms with Crippen molar-refractivity contribution in [3.05, 3.63) is 29.8 Å². The van der Waals surface area contributed by atoms with Crippen LogP contribution in [-0.2, 0) is 9.47 Å². The molecule has 1 aliphatic heterocycles. The number of hydrogen-bond acceptors (Lipinski definition) is 4. The van der Waals surface area contributed by atoms with Gasteiger partial charge in [-0.25, -0.2) is 0 Å². The smallest absolute Gasteiger partial charge is 0.118 e. The van der Waals surface area contributed by atoms with Crippen LogP contribution in [0.5, 0.6) is 5.75 Å². The van der Waals surface area contributed by atoms with Crippen LogP contribution in [0.3, 0.4) is 0 Å². The van der Waals surface area contributed by atoms with Gasteiger partial charge in [-0.05, 0) is 31.0 Å². The van der Waals surface area contributed by atoms with Crippen LogP contribution in [-0.4, -0.2) is 33.0 Å². The summed E-state index contributed by atoms with van der Waals surface area (Å²) in [6.07, 6.45) is 1.08. The lowest BCUT2D eigenvalue weighted by Crippen LogP contribution is -2.28. The van der Waals surface area contributed by atoms with Crippen LogP contribution in [0, 0.1) is 5.92 Å². The van der Waals surface area contributed by atoms with Crippen molar-refractivity contribution in [3.8, 4) is 5.75 Å². The zero-order valence-electron chi connectivity index (χ0n) is 11.7. The molecule has 1 aromatic rings. The minimum absolute atomic E-state index is 0.00556. The third-order valence-corrected chi connectivity index (χ3v) is 3.63. The van der Waals surface area contributed by atoms with E-state index in [1.165, 1.54) is 0 Å². The Bertz CT molecular complexity index is 373. The van der Waals surface area contributed by atoms with Crippen molar-refractivity contribution < 1.29 is 14.2 Å². The summed E-state index contributed by atoms with van der Waals surface area (Å²) in [5.41, 5.74) is 7.28. The molecular weight excluding hydrogens is 242 g/mol. The molecule has 1 aliphatic rings. The molecule has 4 nitrogen and oxygen atoms in total. The molecule has 2 N–H and O–H groups in total. The number of ether oxygens (including phenoxy) is 3. The zero-order valence-corrected chi connectivity index (χ0v) is 11.7. The molecule has 0 aromatic heterocycles. The standard InChI is InChI=1S/C15H23NO3/c1-11(19-10-12-7-8-18-9-12)15(16)13-3-5-14(17-2)6-4-13/h3-6,11-12,15H,7-10,16H2,1-2H3. The van der Waals surface area contributed by atoms with Crippen LogP contribution in [0.15, 0.2) is 24.3 Å². The summed E-state index contributed by atoms with van der Waals surface area (Å²) in [7, 11) is 1.66. The van der Waals surface area contributed by atoms with Crippen molar-refractivity contribution in [1.82, 2.24) is 0 Å². The number of rotatable bonds is 6. The van der Waals surface area contributed by atoms with Gasteiger partial charge in [0.25, 0.3) is 0 Å². The second-order valence-corrected chi connectivity index (χ2v) is 5.07. The maximum absolute atomic E-state index is 6.22. The number of hydrogen-bond donors (Lipinski definition) is 1. The zero-order chi connectivity index (χ0) is 13.7. The Morgan fingerprint density at radius 2 is 2.11 bits per heavy atom. The van der Waals surface area contributed by atoms with Crippen LogP contribution in [0.1, 0.15) is 24.9 Å². The molecule has 3 atom stereocenters. The predicted molar refractivity (Wildman–Crippen MR) is 74.3 cm³/mol. The third-order valence-electron chi connectivity index (χ3n) is 3.63. The van der Waals surface area contributed by atoms with Gasteiger partial charge in [-0.15, -0.1) is 0 Å². The van der Waals surface area contributed by atoms with Gasteiger partial charge in [0.05, 0.1) is 32.5 Å². The molecule has 4 heteroatoms. The summed E-state index contributed by atoms with van der Waals surface area (Å²) in [5.74, 6) is 1.36. The van der Waals surface area contributed by atoms with Crippen LogP contribution in [0.4, 0.5) is 0 Å². The lowest BCUT2D eigenvalue weighted by molar-refractivity contribution is 0.0221. The van der Waals surface area contributed by atoms with E-state index in [9.17, 15) is 0 Å². The van der Waals surface area contributed by atoms with Crippen molar-refractivity contribution in [2.45, 2.75) is 25.5 Å². The van der Waals surface area contributed by atoms with Crippen LogP contribution in [0.2, 0.25) is 0 Å². The average Bonchev–Trinajstić information content (AvgIpc) is 2.97. The predicted octanol–water partition coefficient (Wildman–Crippen LogP) is 2.14.